The van der Waals surface area contributed by atoms with Crippen LogP contribution in [0.2, 0.25) is 4.44 Å². The summed E-state index contributed by atoms with van der Waals surface area (Å²) < 4.78 is 21.5. The van der Waals surface area contributed by atoms with Crippen LogP contribution in [0.1, 0.15) is 6.92 Å². The van der Waals surface area contributed by atoms with Gasteiger partial charge in [0.2, 0.25) is 0 Å². The minimum atomic E-state index is -2.50. The van der Waals surface area contributed by atoms with Crippen LogP contribution in [-0.4, -0.2) is 34.4 Å². The van der Waals surface area contributed by atoms with Crippen LogP contribution >= 0.6 is 0 Å². The molecule has 0 heterocycles. The van der Waals surface area contributed by atoms with Crippen molar-refractivity contribution in [2.45, 2.75) is 11.4 Å². The second-order valence-corrected chi connectivity index (χ2v) is 13.9. The molecule has 0 saturated carbocycles. The van der Waals surface area contributed by atoms with Gasteiger partial charge >= 0.3 is 52.8 Å². The molecule has 0 aliphatic rings. The van der Waals surface area contributed by atoms with E-state index in [2.05, 4.69) is 0 Å². The van der Waals surface area contributed by atoms with Crippen LogP contribution in [0.15, 0.2) is 0 Å². The van der Waals surface area contributed by atoms with Gasteiger partial charge in [-0.25, -0.2) is 0 Å². The van der Waals surface area contributed by atoms with Gasteiger partial charge < -0.3 is 0 Å². The fourth-order valence-corrected chi connectivity index (χ4v) is 5.28. The fraction of sp³-hybridized carbons (Fsp3) is 1.00. The van der Waals surface area contributed by atoms with Crippen LogP contribution in [0.25, 0.3) is 0 Å². The summed E-state index contributed by atoms with van der Waals surface area (Å²) in [5.74, 6) is 0. The molecule has 0 unspecified atom stereocenters. The van der Waals surface area contributed by atoms with E-state index in [4.69, 9.17) is 0 Å². The monoisotopic (exact) mass is 228 g/mol. The molecule has 0 bridgehead atoms. The van der Waals surface area contributed by atoms with E-state index in [1.54, 1.807) is 0 Å². The Morgan fingerprint density at radius 1 is 1.57 bits per heavy atom. The Balaban J connectivity index is 3.60. The van der Waals surface area contributed by atoms with E-state index in [0.29, 0.717) is 0 Å². The molecule has 4 heteroatoms. The first-order valence-corrected chi connectivity index (χ1v) is 9.41. The second kappa shape index (κ2) is 2.91. The SMILES string of the molecule is C[CH2][Sn][S](C)(=O)=O. The standard InChI is InChI=1S/C2H5.CH3O2S.Sn/c1-2;1-4(2)3;/h1H2,2H3;1H3;. The molecule has 2 radical (unpaired) electrons. The zero-order chi connectivity index (χ0) is 5.91. The third-order valence-corrected chi connectivity index (χ3v) is 8.18. The van der Waals surface area contributed by atoms with Crippen LogP contribution in [0.4, 0.5) is 0 Å². The van der Waals surface area contributed by atoms with E-state index < -0.39 is 26.8 Å². The van der Waals surface area contributed by atoms with Gasteiger partial charge in [-0.05, 0) is 0 Å². The van der Waals surface area contributed by atoms with Crippen LogP contribution in [0.3, 0.4) is 0 Å². The van der Waals surface area contributed by atoms with E-state index in [1.807, 2.05) is 6.92 Å². The molecule has 0 fully saturated rings. The molecule has 0 saturated heterocycles. The van der Waals surface area contributed by atoms with Gasteiger partial charge in [0.05, 0.1) is 0 Å². The van der Waals surface area contributed by atoms with E-state index in [0.717, 1.165) is 4.44 Å². The fourth-order valence-electron chi connectivity index (χ4n) is 0.262. The summed E-state index contributed by atoms with van der Waals surface area (Å²) in [5.41, 5.74) is 0. The molecule has 42 valence electrons. The van der Waals surface area contributed by atoms with Crippen molar-refractivity contribution in [3.63, 3.8) is 0 Å². The van der Waals surface area contributed by atoms with E-state index in [-0.39, 0.29) is 0 Å². The molecule has 7 heavy (non-hydrogen) atoms. The molecule has 0 rings (SSSR count). The van der Waals surface area contributed by atoms with E-state index in [1.165, 1.54) is 6.26 Å². The molecule has 0 aromatic heterocycles. The van der Waals surface area contributed by atoms with E-state index >= 15 is 0 Å². The molecule has 0 aliphatic heterocycles. The summed E-state index contributed by atoms with van der Waals surface area (Å²) in [6.45, 7) is 1.92. The van der Waals surface area contributed by atoms with Gasteiger partial charge in [0.15, 0.2) is 0 Å². The van der Waals surface area contributed by atoms with Crippen molar-refractivity contribution in [1.29, 1.82) is 0 Å². The van der Waals surface area contributed by atoms with Gasteiger partial charge in [0, 0.05) is 0 Å². The Kier molecular flexibility index (Phi) is 3.23. The molecule has 0 spiro atoms. The molecule has 0 atom stereocenters. The van der Waals surface area contributed by atoms with Gasteiger partial charge in [-0.1, -0.05) is 0 Å². The molecule has 0 aromatic rings. The zero-order valence-electron chi connectivity index (χ0n) is 4.43. The first kappa shape index (κ1) is 7.75. The molecular weight excluding hydrogens is 219 g/mol. The zero-order valence-corrected chi connectivity index (χ0v) is 8.10. The predicted octanol–water partition coefficient (Wildman–Crippen LogP) is 0.0884. The Morgan fingerprint density at radius 3 is 2.00 bits per heavy atom. The first-order valence-electron chi connectivity index (χ1n) is 2.01. The van der Waals surface area contributed by atoms with Gasteiger partial charge in [-0.2, -0.15) is 0 Å². The second-order valence-electron chi connectivity index (χ2n) is 1.27. The van der Waals surface area contributed by atoms with Gasteiger partial charge in [-0.15, -0.1) is 0 Å². The maximum absolute atomic E-state index is 10.3. The third-order valence-electron chi connectivity index (χ3n) is 0.407. The van der Waals surface area contributed by atoms with Crippen molar-refractivity contribution in [2.24, 2.45) is 0 Å². The summed E-state index contributed by atoms with van der Waals surface area (Å²) in [6.07, 6.45) is 1.32. The average molecular weight is 227 g/mol. The van der Waals surface area contributed by atoms with Crippen LogP contribution in [0.5, 0.6) is 0 Å². The molecule has 0 aromatic carbocycles. The van der Waals surface area contributed by atoms with Gasteiger partial charge in [0.1, 0.15) is 0 Å². The summed E-state index contributed by atoms with van der Waals surface area (Å²) in [4.78, 5) is 0. The van der Waals surface area contributed by atoms with Gasteiger partial charge in [0.25, 0.3) is 0 Å². The minimum absolute atomic E-state index is 0.891. The quantitative estimate of drug-likeness (QED) is 0.626. The Hall–Kier alpha value is 0.749. The topological polar surface area (TPSA) is 34.1 Å². The average Bonchev–Trinajstić information content (AvgIpc) is 1.30. The predicted molar refractivity (Wildman–Crippen MR) is 31.1 cm³/mol. The molecule has 0 aliphatic carbocycles. The molecule has 0 N–H and O–H groups in total. The van der Waals surface area contributed by atoms with Crippen LogP contribution < -0.4 is 0 Å². The van der Waals surface area contributed by atoms with Crippen molar-refractivity contribution < 1.29 is 8.42 Å². The normalized spacial score (nSPS) is 11.7. The number of hydrogen-bond donors (Lipinski definition) is 0. The molecule has 2 nitrogen and oxygen atoms in total. The third kappa shape index (κ3) is 6.75. The Morgan fingerprint density at radius 2 is 2.00 bits per heavy atom. The van der Waals surface area contributed by atoms with E-state index in [9.17, 15) is 8.42 Å². The van der Waals surface area contributed by atoms with Crippen molar-refractivity contribution in [3.05, 3.63) is 0 Å². The Labute approximate surface area is 52.9 Å². The Bertz CT molecular complexity index is 126. The van der Waals surface area contributed by atoms with Crippen molar-refractivity contribution >= 4 is 26.8 Å². The maximum atomic E-state index is 10.3. The molecule has 0 amide bonds. The summed E-state index contributed by atoms with van der Waals surface area (Å²) >= 11 is -1.01. The summed E-state index contributed by atoms with van der Waals surface area (Å²) in [5, 5.41) is 0. The van der Waals surface area contributed by atoms with Crippen molar-refractivity contribution in [2.75, 3.05) is 6.26 Å². The van der Waals surface area contributed by atoms with Crippen molar-refractivity contribution in [1.82, 2.24) is 0 Å². The summed E-state index contributed by atoms with van der Waals surface area (Å²) in [6, 6.07) is 0. The van der Waals surface area contributed by atoms with Crippen LogP contribution in [-0.2, 0) is 7.02 Å². The van der Waals surface area contributed by atoms with Gasteiger partial charge in [-0.3, -0.25) is 0 Å². The summed E-state index contributed by atoms with van der Waals surface area (Å²) in [7, 11) is -2.50. The van der Waals surface area contributed by atoms with Crippen LogP contribution in [0, 0.1) is 0 Å². The number of hydrogen-bond acceptors (Lipinski definition) is 2. The first-order chi connectivity index (χ1) is 3.06. The number of rotatable bonds is 2. The molecular formula is C3H8O2SSn. The van der Waals surface area contributed by atoms with Crippen molar-refractivity contribution in [3.8, 4) is 0 Å².